The predicted octanol–water partition coefficient (Wildman–Crippen LogP) is 2.31. The summed E-state index contributed by atoms with van der Waals surface area (Å²) >= 11 is 0. The molecule has 1 saturated heterocycles. The molecule has 1 amide bonds. The molecule has 0 radical (unpaired) electrons. The lowest BCUT2D eigenvalue weighted by Crippen LogP contribution is -2.49. The van der Waals surface area contributed by atoms with Crippen LogP contribution in [-0.4, -0.2) is 66.3 Å². The molecular weight excluding hydrogens is 350 g/mol. The van der Waals surface area contributed by atoms with E-state index in [0.717, 1.165) is 30.3 Å². The van der Waals surface area contributed by atoms with Crippen LogP contribution in [0.2, 0.25) is 0 Å². The number of carbonyl (C=O) groups excluding carboxylic acids is 1. The first-order chi connectivity index (χ1) is 12.3. The maximum atomic E-state index is 12.2. The van der Waals surface area contributed by atoms with Crippen molar-refractivity contribution in [2.45, 2.75) is 20.8 Å². The van der Waals surface area contributed by atoms with E-state index in [1.165, 1.54) is 0 Å². The molecule has 2 aliphatic heterocycles. The van der Waals surface area contributed by atoms with E-state index >= 15 is 0 Å². The van der Waals surface area contributed by atoms with Gasteiger partial charge in [0, 0.05) is 37.9 Å². The maximum absolute atomic E-state index is 12.2. The fourth-order valence-electron chi connectivity index (χ4n) is 2.70. The minimum Gasteiger partial charge on any atom is -0.449 e. The summed E-state index contributed by atoms with van der Waals surface area (Å²) in [5, 5.41) is 0. The van der Waals surface area contributed by atoms with Gasteiger partial charge in [-0.3, -0.25) is 0 Å². The Morgan fingerprint density at radius 3 is 2.65 bits per heavy atom. The van der Waals surface area contributed by atoms with Crippen LogP contribution in [0.3, 0.4) is 0 Å². The van der Waals surface area contributed by atoms with Crippen molar-refractivity contribution >= 4 is 33.9 Å². The van der Waals surface area contributed by atoms with Gasteiger partial charge in [-0.15, -0.1) is 0 Å². The van der Waals surface area contributed by atoms with Crippen molar-refractivity contribution in [3.63, 3.8) is 0 Å². The molecule has 1 atom stereocenters. The molecule has 142 valence electrons. The molecule has 26 heavy (non-hydrogen) atoms. The number of piperazine rings is 1. The Balaban J connectivity index is 1.56. The lowest BCUT2D eigenvalue weighted by Gasteiger charge is -2.35. The van der Waals surface area contributed by atoms with Crippen molar-refractivity contribution < 1.29 is 9.53 Å². The van der Waals surface area contributed by atoms with Gasteiger partial charge in [0.1, 0.15) is 11.7 Å². The molecule has 0 saturated carbocycles. The van der Waals surface area contributed by atoms with Gasteiger partial charge in [-0.25, -0.2) is 14.8 Å². The fourth-order valence-corrected chi connectivity index (χ4v) is 3.49. The second-order valence-corrected chi connectivity index (χ2v) is 9.27. The van der Waals surface area contributed by atoms with Gasteiger partial charge < -0.3 is 19.3 Å². The number of hydrogen-bond donors (Lipinski definition) is 1. The highest BCUT2D eigenvalue weighted by atomic mass is 32.2. The van der Waals surface area contributed by atoms with E-state index in [2.05, 4.69) is 52.7 Å². The number of rotatable bonds is 3. The third-order valence-corrected chi connectivity index (χ3v) is 5.04. The average molecular weight is 378 g/mol. The molecule has 1 fully saturated rings. The van der Waals surface area contributed by atoms with Gasteiger partial charge in [-0.05, 0) is 23.8 Å². The number of hydrogen-bond acceptors (Lipinski definition) is 6. The zero-order valence-corrected chi connectivity index (χ0v) is 16.7. The van der Waals surface area contributed by atoms with Crippen LogP contribution in [0, 0.1) is 5.41 Å². The van der Waals surface area contributed by atoms with Crippen LogP contribution in [-0.2, 0) is 4.74 Å². The SMILES string of the molecule is CS1=CN=C(c2ccnc(N3CCN(C(=O)OCC(C)(C)C)CC3)c2)N1. The Morgan fingerprint density at radius 2 is 2.04 bits per heavy atom. The Morgan fingerprint density at radius 1 is 1.31 bits per heavy atom. The van der Waals surface area contributed by atoms with Crippen LogP contribution in [0.15, 0.2) is 23.3 Å². The van der Waals surface area contributed by atoms with Crippen LogP contribution >= 0.6 is 10.7 Å². The van der Waals surface area contributed by atoms with Crippen molar-refractivity contribution in [3.05, 3.63) is 23.9 Å². The Hall–Kier alpha value is -2.09. The van der Waals surface area contributed by atoms with E-state index in [1.54, 1.807) is 4.90 Å². The van der Waals surface area contributed by atoms with Gasteiger partial charge in [-0.1, -0.05) is 31.4 Å². The minimum absolute atomic E-state index is 0.00422. The summed E-state index contributed by atoms with van der Waals surface area (Å²) in [6.07, 6.45) is 3.68. The molecule has 1 aromatic heterocycles. The molecule has 3 rings (SSSR count). The highest BCUT2D eigenvalue weighted by molar-refractivity contribution is 8.13. The van der Waals surface area contributed by atoms with Gasteiger partial charge in [-0.2, -0.15) is 0 Å². The van der Waals surface area contributed by atoms with Crippen molar-refractivity contribution in [2.24, 2.45) is 10.4 Å². The summed E-state index contributed by atoms with van der Waals surface area (Å²) in [5.74, 6) is 1.81. The summed E-state index contributed by atoms with van der Waals surface area (Å²) in [6, 6.07) is 4.02. The lowest BCUT2D eigenvalue weighted by atomic mass is 9.99. The molecule has 0 bridgehead atoms. The first kappa shape index (κ1) is 18.7. The van der Waals surface area contributed by atoms with E-state index in [9.17, 15) is 4.79 Å². The van der Waals surface area contributed by atoms with Gasteiger partial charge in [0.2, 0.25) is 0 Å². The number of aromatic nitrogens is 1. The molecule has 1 unspecified atom stereocenters. The third-order valence-electron chi connectivity index (χ3n) is 4.11. The minimum atomic E-state index is -0.226. The molecule has 3 heterocycles. The molecule has 1 aromatic rings. The predicted molar refractivity (Wildman–Crippen MR) is 108 cm³/mol. The normalized spacial score (nSPS) is 20.3. The highest BCUT2D eigenvalue weighted by Crippen LogP contribution is 2.19. The Kier molecular flexibility index (Phi) is 5.50. The van der Waals surface area contributed by atoms with Crippen LogP contribution < -0.4 is 9.62 Å². The van der Waals surface area contributed by atoms with E-state index in [1.807, 2.05) is 17.8 Å². The quantitative estimate of drug-likeness (QED) is 0.819. The van der Waals surface area contributed by atoms with Crippen molar-refractivity contribution in [3.8, 4) is 0 Å². The number of anilines is 1. The summed E-state index contributed by atoms with van der Waals surface area (Å²) in [6.45, 7) is 9.36. The molecule has 8 heteroatoms. The third kappa shape index (κ3) is 4.75. The molecule has 1 N–H and O–H groups in total. The lowest BCUT2D eigenvalue weighted by molar-refractivity contribution is 0.0707. The van der Waals surface area contributed by atoms with Crippen molar-refractivity contribution in [1.29, 1.82) is 0 Å². The monoisotopic (exact) mass is 377 g/mol. The number of amidine groups is 1. The number of carbonyl (C=O) groups is 1. The molecular formula is C18H27N5O2S. The summed E-state index contributed by atoms with van der Waals surface area (Å²) in [5.41, 5.74) is 2.95. The van der Waals surface area contributed by atoms with E-state index in [-0.39, 0.29) is 22.2 Å². The van der Waals surface area contributed by atoms with Crippen LogP contribution in [0.4, 0.5) is 10.6 Å². The number of ether oxygens (including phenoxy) is 1. The average Bonchev–Trinajstić information content (AvgIpc) is 3.06. The summed E-state index contributed by atoms with van der Waals surface area (Å²) < 4.78 is 8.76. The van der Waals surface area contributed by atoms with Crippen LogP contribution in [0.25, 0.3) is 0 Å². The molecule has 0 spiro atoms. The second-order valence-electron chi connectivity index (χ2n) is 7.73. The summed E-state index contributed by atoms with van der Waals surface area (Å²) in [4.78, 5) is 25.1. The van der Waals surface area contributed by atoms with E-state index in [4.69, 9.17) is 4.74 Å². The van der Waals surface area contributed by atoms with Gasteiger partial charge in [0.05, 0.1) is 12.1 Å². The standard InChI is InChI=1S/C18H27N5O2S/c1-18(2,3)12-25-17(24)23-9-7-22(8-10-23)15-11-14(5-6-19-15)16-20-13-26(4)21-16/h5-6,11,13H,7-10,12H2,1-4H3,(H,20,21). The summed E-state index contributed by atoms with van der Waals surface area (Å²) in [7, 11) is -0.00422. The molecule has 2 aliphatic rings. The first-order valence-corrected chi connectivity index (χ1v) is 10.5. The topological polar surface area (TPSA) is 70.1 Å². The second kappa shape index (κ2) is 7.65. The van der Waals surface area contributed by atoms with Crippen LogP contribution in [0.5, 0.6) is 0 Å². The smallest absolute Gasteiger partial charge is 0.409 e. The van der Waals surface area contributed by atoms with E-state index in [0.29, 0.717) is 19.7 Å². The van der Waals surface area contributed by atoms with Crippen molar-refractivity contribution in [2.75, 3.05) is 43.9 Å². The number of amides is 1. The molecule has 0 aromatic carbocycles. The van der Waals surface area contributed by atoms with Crippen molar-refractivity contribution in [1.82, 2.24) is 14.6 Å². The molecule has 7 nitrogen and oxygen atoms in total. The zero-order chi connectivity index (χ0) is 18.7. The van der Waals surface area contributed by atoms with Gasteiger partial charge in [0.15, 0.2) is 0 Å². The fraction of sp³-hybridized carbons (Fsp3) is 0.556. The highest BCUT2D eigenvalue weighted by Gasteiger charge is 2.24. The van der Waals surface area contributed by atoms with E-state index < -0.39 is 0 Å². The zero-order valence-electron chi connectivity index (χ0n) is 15.9. The Bertz CT molecular complexity index is 733. The van der Waals surface area contributed by atoms with Gasteiger partial charge >= 0.3 is 6.09 Å². The Labute approximate surface area is 157 Å². The number of nitrogens with one attached hydrogen (secondary N) is 1. The van der Waals surface area contributed by atoms with Crippen LogP contribution in [0.1, 0.15) is 26.3 Å². The van der Waals surface area contributed by atoms with Gasteiger partial charge in [0.25, 0.3) is 0 Å². The largest absolute Gasteiger partial charge is 0.449 e. The number of nitrogens with zero attached hydrogens (tertiary/aromatic N) is 4. The first-order valence-electron chi connectivity index (χ1n) is 8.77. The number of aliphatic imine (C=N–C) groups is 1. The number of pyridine rings is 1. The maximum Gasteiger partial charge on any atom is 0.409 e. The molecule has 0 aliphatic carbocycles.